The van der Waals surface area contributed by atoms with Gasteiger partial charge in [0, 0.05) is 21.8 Å². The Balaban J connectivity index is 1.97. The highest BCUT2D eigenvalue weighted by Crippen LogP contribution is 2.21. The number of halogens is 1. The molecule has 2 rings (SSSR count). The van der Waals surface area contributed by atoms with Gasteiger partial charge in [-0.2, -0.15) is 0 Å². The third kappa shape index (κ3) is 3.23. The van der Waals surface area contributed by atoms with Crippen molar-refractivity contribution in [2.45, 2.75) is 6.54 Å². The van der Waals surface area contributed by atoms with Crippen LogP contribution in [-0.2, 0) is 20.8 Å². The fourth-order valence-corrected chi connectivity index (χ4v) is 2.91. The van der Waals surface area contributed by atoms with Crippen molar-refractivity contribution < 1.29 is 14.3 Å². The smallest absolute Gasteiger partial charge is 0.292 e. The normalized spacial score (nSPS) is 14.6. The van der Waals surface area contributed by atoms with Crippen LogP contribution in [-0.4, -0.2) is 31.1 Å². The zero-order valence-corrected chi connectivity index (χ0v) is 11.7. The van der Waals surface area contributed by atoms with Crippen molar-refractivity contribution in [3.05, 3.63) is 32.8 Å². The number of amides is 1. The van der Waals surface area contributed by atoms with Crippen LogP contribution in [0.25, 0.3) is 0 Å². The van der Waals surface area contributed by atoms with E-state index in [1.54, 1.807) is 23.3 Å². The van der Waals surface area contributed by atoms with Crippen molar-refractivity contribution in [3.63, 3.8) is 0 Å². The monoisotopic (exact) mass is 317 g/mol. The molecule has 0 spiro atoms. The van der Waals surface area contributed by atoms with Crippen LogP contribution in [0.5, 0.6) is 0 Å². The molecule has 0 fully saturated rings. The lowest BCUT2D eigenvalue weighted by atomic mass is 10.4. The molecule has 17 heavy (non-hydrogen) atoms. The average molecular weight is 318 g/mol. The number of likely N-dealkylation sites (N-methyl/N-ethyl adjacent to an activating group) is 1. The Morgan fingerprint density at radius 1 is 1.59 bits per heavy atom. The van der Waals surface area contributed by atoms with Crippen LogP contribution >= 0.6 is 27.3 Å². The zero-order valence-electron chi connectivity index (χ0n) is 9.31. The second-order valence-corrected chi connectivity index (χ2v) is 5.51. The van der Waals surface area contributed by atoms with Gasteiger partial charge in [-0.3, -0.25) is 4.79 Å². The van der Waals surface area contributed by atoms with Gasteiger partial charge in [-0.05, 0) is 22.0 Å². The minimum Gasteiger partial charge on any atom is -0.494 e. The van der Waals surface area contributed by atoms with E-state index in [0.29, 0.717) is 19.8 Å². The lowest BCUT2D eigenvalue weighted by Crippen LogP contribution is -2.30. The van der Waals surface area contributed by atoms with E-state index in [1.165, 1.54) is 6.26 Å². The number of thiophene rings is 1. The largest absolute Gasteiger partial charge is 0.494 e. The van der Waals surface area contributed by atoms with Crippen LogP contribution in [0.4, 0.5) is 0 Å². The average Bonchev–Trinajstić information content (AvgIpc) is 2.75. The Bertz CT molecular complexity index is 444. The van der Waals surface area contributed by atoms with Crippen LogP contribution in [0.1, 0.15) is 4.88 Å². The maximum Gasteiger partial charge on any atom is 0.292 e. The Labute approximate surface area is 112 Å². The molecule has 2 heterocycles. The van der Waals surface area contributed by atoms with Gasteiger partial charge in [0.05, 0.1) is 6.54 Å². The Hall–Kier alpha value is -1.01. The molecule has 6 heteroatoms. The first-order valence-corrected chi connectivity index (χ1v) is 6.77. The second-order valence-electron chi connectivity index (χ2n) is 3.59. The number of ether oxygens (including phenoxy) is 2. The molecule has 0 unspecified atom stereocenters. The molecule has 1 aliphatic heterocycles. The molecule has 0 saturated heterocycles. The van der Waals surface area contributed by atoms with Crippen molar-refractivity contribution in [2.75, 3.05) is 20.3 Å². The van der Waals surface area contributed by atoms with Gasteiger partial charge in [-0.15, -0.1) is 11.3 Å². The first-order valence-electron chi connectivity index (χ1n) is 5.10. The maximum absolute atomic E-state index is 12.0. The molecular formula is C11H12BrNO3S. The van der Waals surface area contributed by atoms with Crippen LogP contribution in [0, 0.1) is 0 Å². The van der Waals surface area contributed by atoms with Crippen LogP contribution in [0.15, 0.2) is 27.9 Å². The van der Waals surface area contributed by atoms with E-state index in [0.717, 1.165) is 9.35 Å². The van der Waals surface area contributed by atoms with Crippen molar-refractivity contribution in [1.82, 2.24) is 4.90 Å². The minimum atomic E-state index is -0.158. The first kappa shape index (κ1) is 12.4. The number of carbonyl (C=O) groups is 1. The number of carbonyl (C=O) groups excluding carboxylic acids is 1. The molecule has 4 nitrogen and oxygen atoms in total. The van der Waals surface area contributed by atoms with Crippen molar-refractivity contribution in [3.8, 4) is 0 Å². The highest BCUT2D eigenvalue weighted by atomic mass is 79.9. The summed E-state index contributed by atoms with van der Waals surface area (Å²) in [6, 6.07) is 2.00. The summed E-state index contributed by atoms with van der Waals surface area (Å²) in [7, 11) is 1.74. The quantitative estimate of drug-likeness (QED) is 0.859. The van der Waals surface area contributed by atoms with Crippen molar-refractivity contribution >= 4 is 33.2 Å². The summed E-state index contributed by atoms with van der Waals surface area (Å²) in [5.41, 5.74) is 0. The summed E-state index contributed by atoms with van der Waals surface area (Å²) in [4.78, 5) is 14.7. The third-order valence-corrected chi connectivity index (χ3v) is 3.90. The van der Waals surface area contributed by atoms with Gasteiger partial charge in [-0.1, -0.05) is 0 Å². The maximum atomic E-state index is 12.0. The van der Waals surface area contributed by atoms with Gasteiger partial charge < -0.3 is 14.4 Å². The van der Waals surface area contributed by atoms with Gasteiger partial charge in [-0.25, -0.2) is 0 Å². The molecule has 0 aliphatic carbocycles. The van der Waals surface area contributed by atoms with Gasteiger partial charge in [0.1, 0.15) is 19.5 Å². The fraction of sp³-hybridized carbons (Fsp3) is 0.364. The lowest BCUT2D eigenvalue weighted by molar-refractivity contribution is -0.131. The summed E-state index contributed by atoms with van der Waals surface area (Å²) >= 11 is 5.00. The highest BCUT2D eigenvalue weighted by molar-refractivity contribution is 9.10. The summed E-state index contributed by atoms with van der Waals surface area (Å²) < 4.78 is 11.3. The standard InChI is InChI=1S/C11H12BrNO3S/c1-13(5-9-4-8(12)7-17-9)11(14)10-6-15-2-3-16-10/h4,6-7H,2-3,5H2,1H3. The SMILES string of the molecule is CN(Cc1cc(Br)cs1)C(=O)C1=COCCO1. The number of hydrogen-bond donors (Lipinski definition) is 0. The van der Waals surface area contributed by atoms with Crippen molar-refractivity contribution in [2.24, 2.45) is 0 Å². The molecular weight excluding hydrogens is 306 g/mol. The van der Waals surface area contributed by atoms with E-state index < -0.39 is 0 Å². The Kier molecular flexibility index (Phi) is 4.06. The van der Waals surface area contributed by atoms with Crippen LogP contribution in [0.2, 0.25) is 0 Å². The third-order valence-electron chi connectivity index (χ3n) is 2.22. The van der Waals surface area contributed by atoms with E-state index >= 15 is 0 Å². The molecule has 1 aliphatic rings. The number of hydrogen-bond acceptors (Lipinski definition) is 4. The van der Waals surface area contributed by atoms with Crippen LogP contribution in [0.3, 0.4) is 0 Å². The predicted octanol–water partition coefficient (Wildman–Crippen LogP) is 2.36. The molecule has 0 N–H and O–H groups in total. The van der Waals surface area contributed by atoms with E-state index in [2.05, 4.69) is 15.9 Å². The lowest BCUT2D eigenvalue weighted by Gasteiger charge is -2.20. The molecule has 0 saturated carbocycles. The summed E-state index contributed by atoms with van der Waals surface area (Å²) in [6.45, 7) is 1.49. The minimum absolute atomic E-state index is 0.158. The molecule has 1 aromatic heterocycles. The van der Waals surface area contributed by atoms with E-state index in [4.69, 9.17) is 9.47 Å². The van der Waals surface area contributed by atoms with Gasteiger partial charge >= 0.3 is 0 Å². The van der Waals surface area contributed by atoms with Gasteiger partial charge in [0.2, 0.25) is 5.76 Å². The zero-order chi connectivity index (χ0) is 12.3. The molecule has 1 amide bonds. The first-order chi connectivity index (χ1) is 8.16. The van der Waals surface area contributed by atoms with Gasteiger partial charge in [0.25, 0.3) is 5.91 Å². The summed E-state index contributed by atoms with van der Waals surface area (Å²) in [5.74, 6) is 0.114. The molecule has 1 aromatic rings. The Morgan fingerprint density at radius 3 is 3.00 bits per heavy atom. The Morgan fingerprint density at radius 2 is 2.41 bits per heavy atom. The molecule has 92 valence electrons. The fourth-order valence-electron chi connectivity index (χ4n) is 1.41. The van der Waals surface area contributed by atoms with E-state index in [-0.39, 0.29) is 11.7 Å². The molecule has 0 bridgehead atoms. The number of nitrogens with zero attached hydrogens (tertiary/aromatic N) is 1. The molecule has 0 atom stereocenters. The van der Waals surface area contributed by atoms with E-state index in [9.17, 15) is 4.79 Å². The molecule has 0 radical (unpaired) electrons. The highest BCUT2D eigenvalue weighted by Gasteiger charge is 2.19. The van der Waals surface area contributed by atoms with Gasteiger partial charge in [0.15, 0.2) is 0 Å². The van der Waals surface area contributed by atoms with Crippen LogP contribution < -0.4 is 0 Å². The molecule has 0 aromatic carbocycles. The number of rotatable bonds is 3. The summed E-state index contributed by atoms with van der Waals surface area (Å²) in [5, 5.41) is 1.99. The predicted molar refractivity (Wildman–Crippen MR) is 68.5 cm³/mol. The summed E-state index contributed by atoms with van der Waals surface area (Å²) in [6.07, 6.45) is 1.38. The topological polar surface area (TPSA) is 38.8 Å². The second kappa shape index (κ2) is 5.55. The van der Waals surface area contributed by atoms with Crippen molar-refractivity contribution in [1.29, 1.82) is 0 Å². The van der Waals surface area contributed by atoms with E-state index in [1.807, 2.05) is 11.4 Å².